The van der Waals surface area contributed by atoms with E-state index in [1.807, 2.05) is 6.92 Å². The fourth-order valence-electron chi connectivity index (χ4n) is 2.55. The molecule has 0 aromatic carbocycles. The molecule has 9 nitrogen and oxygen atoms in total. The quantitative estimate of drug-likeness (QED) is 0.749. The van der Waals surface area contributed by atoms with E-state index in [4.69, 9.17) is 5.11 Å². The Kier molecular flexibility index (Phi) is 4.91. The largest absolute Gasteiger partial charge is 0.502 e. The maximum Gasteiger partial charge on any atom is 0.341 e. The number of aromatic carboxylic acids is 1. The van der Waals surface area contributed by atoms with E-state index in [9.17, 15) is 24.3 Å². The highest BCUT2D eigenvalue weighted by Crippen LogP contribution is 2.21. The number of hydrogen-bond acceptors (Lipinski definition) is 6. The first kappa shape index (κ1) is 17.5. The summed E-state index contributed by atoms with van der Waals surface area (Å²) in [6.45, 7) is 4.06. The van der Waals surface area contributed by atoms with Gasteiger partial charge in [0.05, 0.1) is 0 Å². The number of aromatic nitrogens is 1. The Labute approximate surface area is 137 Å². The zero-order valence-corrected chi connectivity index (χ0v) is 13.5. The summed E-state index contributed by atoms with van der Waals surface area (Å²) in [5.41, 5.74) is -2.03. The number of hydrogen-bond donors (Lipinski definition) is 2. The van der Waals surface area contributed by atoms with Crippen molar-refractivity contribution in [2.45, 2.75) is 26.7 Å². The molecule has 0 saturated heterocycles. The number of pyridine rings is 1. The highest BCUT2D eigenvalue weighted by Gasteiger charge is 2.33. The number of fused-ring (bicyclic) bond motifs is 1. The molecule has 1 aliphatic rings. The number of carboxylic acids is 1. The molecular formula is C15H19N3O6. The van der Waals surface area contributed by atoms with Gasteiger partial charge in [-0.05, 0) is 13.3 Å². The van der Waals surface area contributed by atoms with Crippen LogP contribution in [0.25, 0.3) is 0 Å². The van der Waals surface area contributed by atoms with E-state index in [1.54, 1.807) is 5.01 Å². The minimum Gasteiger partial charge on any atom is -0.502 e. The molecule has 0 spiro atoms. The Morgan fingerprint density at radius 2 is 1.92 bits per heavy atom. The molecule has 24 heavy (non-hydrogen) atoms. The summed E-state index contributed by atoms with van der Waals surface area (Å²) in [6.07, 6.45) is 1.87. The van der Waals surface area contributed by atoms with E-state index in [0.29, 0.717) is 13.0 Å². The summed E-state index contributed by atoms with van der Waals surface area (Å²) in [5, 5.41) is 20.7. The molecule has 0 aliphatic carbocycles. The molecule has 2 N–H and O–H groups in total. The van der Waals surface area contributed by atoms with Crippen LogP contribution in [0.1, 0.15) is 47.5 Å². The van der Waals surface area contributed by atoms with Crippen LogP contribution < -0.4 is 10.4 Å². The topological polar surface area (TPSA) is 120 Å². The molecule has 1 amide bonds. The number of ketones is 1. The molecule has 1 aromatic rings. The van der Waals surface area contributed by atoms with Crippen molar-refractivity contribution in [3.63, 3.8) is 0 Å². The third-order valence-electron chi connectivity index (χ3n) is 3.74. The van der Waals surface area contributed by atoms with Crippen molar-refractivity contribution in [2.24, 2.45) is 0 Å². The number of carbonyl (C=O) groups excluding carboxylic acids is 2. The lowest BCUT2D eigenvalue weighted by atomic mass is 10.2. The Balaban J connectivity index is 2.60. The van der Waals surface area contributed by atoms with Gasteiger partial charge >= 0.3 is 5.97 Å². The third kappa shape index (κ3) is 3.10. The minimum atomic E-state index is -1.50. The average molecular weight is 337 g/mol. The van der Waals surface area contributed by atoms with Gasteiger partial charge in [-0.3, -0.25) is 24.1 Å². The maximum absolute atomic E-state index is 12.5. The number of aromatic hydroxyl groups is 1. The number of carboxylic acid groups (broad SMARTS) is 1. The first-order chi connectivity index (χ1) is 11.3. The van der Waals surface area contributed by atoms with Gasteiger partial charge in [0.1, 0.15) is 18.0 Å². The molecule has 2 heterocycles. The summed E-state index contributed by atoms with van der Waals surface area (Å²) in [7, 11) is 0. The molecule has 0 bridgehead atoms. The monoisotopic (exact) mass is 337 g/mol. The van der Waals surface area contributed by atoms with Crippen molar-refractivity contribution in [1.82, 2.24) is 9.58 Å². The van der Waals surface area contributed by atoms with Gasteiger partial charge in [0.25, 0.3) is 5.91 Å². The standard InChI is InChI=1S/C15H19N3O6/c1-3-5-16-8-17(6-4-9(2)19)18-7-10(15(23)24)12(20)13(21)11(18)14(16)22/h7,21H,3-6,8H2,1-2H3,(H,23,24). The van der Waals surface area contributed by atoms with Crippen LogP contribution >= 0.6 is 0 Å². The first-order valence-corrected chi connectivity index (χ1v) is 7.53. The molecule has 0 fully saturated rings. The predicted molar refractivity (Wildman–Crippen MR) is 83.9 cm³/mol. The molecule has 2 rings (SSSR count). The molecule has 0 unspecified atom stereocenters. The van der Waals surface area contributed by atoms with Gasteiger partial charge in [-0.1, -0.05) is 6.92 Å². The highest BCUT2D eigenvalue weighted by molar-refractivity contribution is 5.97. The van der Waals surface area contributed by atoms with Gasteiger partial charge in [0.2, 0.25) is 5.43 Å². The normalized spacial score (nSPS) is 13.8. The zero-order chi connectivity index (χ0) is 18.0. The van der Waals surface area contributed by atoms with Crippen LogP contribution in [0.15, 0.2) is 11.0 Å². The van der Waals surface area contributed by atoms with Crippen LogP contribution in [0.4, 0.5) is 0 Å². The number of amides is 1. The van der Waals surface area contributed by atoms with Crippen molar-refractivity contribution >= 4 is 17.7 Å². The number of carbonyl (C=O) groups is 3. The molecular weight excluding hydrogens is 318 g/mol. The molecule has 1 aromatic heterocycles. The fourth-order valence-corrected chi connectivity index (χ4v) is 2.55. The molecule has 0 radical (unpaired) electrons. The maximum atomic E-state index is 12.5. The summed E-state index contributed by atoms with van der Waals surface area (Å²) < 4.78 is 1.16. The number of rotatable bonds is 6. The van der Waals surface area contributed by atoms with E-state index >= 15 is 0 Å². The Morgan fingerprint density at radius 3 is 2.46 bits per heavy atom. The lowest BCUT2D eigenvalue weighted by Crippen LogP contribution is -2.55. The highest BCUT2D eigenvalue weighted by atomic mass is 16.4. The Hall–Kier alpha value is -2.84. The van der Waals surface area contributed by atoms with Gasteiger partial charge < -0.3 is 15.1 Å². The summed E-state index contributed by atoms with van der Waals surface area (Å²) >= 11 is 0. The van der Waals surface area contributed by atoms with Crippen molar-refractivity contribution in [2.75, 3.05) is 24.8 Å². The SMILES string of the molecule is CCCN1CN(CCC(C)=O)n2cc(C(=O)O)c(=O)c(O)c2C1=O. The van der Waals surface area contributed by atoms with Gasteiger partial charge in [-0.15, -0.1) is 0 Å². The molecule has 1 aliphatic heterocycles. The van der Waals surface area contributed by atoms with E-state index in [1.165, 1.54) is 11.8 Å². The van der Waals surface area contributed by atoms with Crippen molar-refractivity contribution in [3.05, 3.63) is 27.7 Å². The molecule has 0 atom stereocenters. The summed E-state index contributed by atoms with van der Waals surface area (Å²) in [4.78, 5) is 48.4. The van der Waals surface area contributed by atoms with Crippen LogP contribution in [0.2, 0.25) is 0 Å². The fraction of sp³-hybridized carbons (Fsp3) is 0.467. The van der Waals surface area contributed by atoms with Gasteiger partial charge in [0.15, 0.2) is 11.4 Å². The second-order valence-corrected chi connectivity index (χ2v) is 5.61. The smallest absolute Gasteiger partial charge is 0.341 e. The lowest BCUT2D eigenvalue weighted by molar-refractivity contribution is -0.116. The average Bonchev–Trinajstić information content (AvgIpc) is 2.51. The molecule has 130 valence electrons. The Morgan fingerprint density at radius 1 is 1.25 bits per heavy atom. The predicted octanol–water partition coefficient (Wildman–Crippen LogP) is -0.00750. The van der Waals surface area contributed by atoms with Crippen LogP contribution in [-0.2, 0) is 4.79 Å². The van der Waals surface area contributed by atoms with Crippen LogP contribution in [0, 0.1) is 0 Å². The van der Waals surface area contributed by atoms with E-state index in [-0.39, 0.29) is 31.1 Å². The lowest BCUT2D eigenvalue weighted by Gasteiger charge is -2.39. The summed E-state index contributed by atoms with van der Waals surface area (Å²) in [6, 6.07) is 0. The van der Waals surface area contributed by atoms with E-state index < -0.39 is 28.6 Å². The third-order valence-corrected chi connectivity index (χ3v) is 3.74. The van der Waals surface area contributed by atoms with Crippen LogP contribution in [0.5, 0.6) is 5.75 Å². The Bertz CT molecular complexity index is 754. The van der Waals surface area contributed by atoms with Crippen LogP contribution in [0.3, 0.4) is 0 Å². The van der Waals surface area contributed by atoms with Gasteiger partial charge in [-0.25, -0.2) is 4.79 Å². The van der Waals surface area contributed by atoms with Crippen molar-refractivity contribution < 1.29 is 24.6 Å². The number of nitrogens with zero attached hydrogens (tertiary/aromatic N) is 3. The van der Waals surface area contributed by atoms with Gasteiger partial charge in [-0.2, -0.15) is 0 Å². The van der Waals surface area contributed by atoms with Crippen LogP contribution in [-0.4, -0.2) is 57.2 Å². The first-order valence-electron chi connectivity index (χ1n) is 7.53. The molecule has 0 saturated carbocycles. The van der Waals surface area contributed by atoms with Crippen molar-refractivity contribution in [1.29, 1.82) is 0 Å². The van der Waals surface area contributed by atoms with E-state index in [0.717, 1.165) is 10.9 Å². The van der Waals surface area contributed by atoms with E-state index in [2.05, 4.69) is 0 Å². The minimum absolute atomic E-state index is 0.0702. The zero-order valence-electron chi connectivity index (χ0n) is 13.5. The molecule has 9 heteroatoms. The van der Waals surface area contributed by atoms with Gasteiger partial charge in [0, 0.05) is 25.7 Å². The second-order valence-electron chi connectivity index (χ2n) is 5.61. The number of Topliss-reactive ketones (excluding diaryl/α,β-unsaturated/α-hetero) is 1. The summed E-state index contributed by atoms with van der Waals surface area (Å²) in [5.74, 6) is -3.02. The second kappa shape index (κ2) is 6.73. The van der Waals surface area contributed by atoms with Crippen molar-refractivity contribution in [3.8, 4) is 5.75 Å².